The maximum atomic E-state index is 13.8. The maximum Gasteiger partial charge on any atom is 0.270 e. The highest BCUT2D eigenvalue weighted by molar-refractivity contribution is 7.09. The SMILES string of the molecule is CCC(C)(C)NC(=O)[C@@H](c1ccc(C)o1)N(Cc1ccccc1)C(=O)c1snc(C(N)=O)c1N. The summed E-state index contributed by atoms with van der Waals surface area (Å²) in [5.41, 5.74) is 11.4. The van der Waals surface area contributed by atoms with Gasteiger partial charge in [0.25, 0.3) is 17.7 Å². The number of nitrogens with one attached hydrogen (secondary N) is 1. The molecule has 34 heavy (non-hydrogen) atoms. The first kappa shape index (κ1) is 25.0. The Morgan fingerprint density at radius 3 is 2.38 bits per heavy atom. The molecule has 0 bridgehead atoms. The van der Waals surface area contributed by atoms with Gasteiger partial charge in [0.05, 0.1) is 5.69 Å². The number of nitrogens with two attached hydrogens (primary N) is 2. The third kappa shape index (κ3) is 5.45. The summed E-state index contributed by atoms with van der Waals surface area (Å²) in [7, 11) is 0. The van der Waals surface area contributed by atoms with Crippen LogP contribution in [-0.2, 0) is 11.3 Å². The lowest BCUT2D eigenvalue weighted by Gasteiger charge is -2.33. The molecule has 2 heterocycles. The molecule has 3 rings (SSSR count). The van der Waals surface area contributed by atoms with Crippen molar-refractivity contribution in [2.24, 2.45) is 5.73 Å². The van der Waals surface area contributed by atoms with Crippen LogP contribution in [0, 0.1) is 6.92 Å². The highest BCUT2D eigenvalue weighted by Crippen LogP contribution is 2.31. The second kappa shape index (κ2) is 10.1. The normalized spacial score (nSPS) is 12.2. The van der Waals surface area contributed by atoms with Crippen molar-refractivity contribution in [3.8, 4) is 0 Å². The topological polar surface area (TPSA) is 145 Å². The van der Waals surface area contributed by atoms with Crippen LogP contribution in [0.2, 0.25) is 0 Å². The molecule has 10 heteroatoms. The fourth-order valence-electron chi connectivity index (χ4n) is 3.34. The zero-order valence-corrected chi connectivity index (χ0v) is 20.4. The molecule has 3 amide bonds. The Morgan fingerprint density at radius 2 is 1.85 bits per heavy atom. The molecule has 3 aromatic rings. The Balaban J connectivity index is 2.12. The average Bonchev–Trinajstić information content (AvgIpc) is 3.38. The zero-order chi connectivity index (χ0) is 25.0. The first-order chi connectivity index (χ1) is 16.0. The van der Waals surface area contributed by atoms with Crippen molar-refractivity contribution in [1.82, 2.24) is 14.6 Å². The first-order valence-corrected chi connectivity index (χ1v) is 11.6. The lowest BCUT2D eigenvalue weighted by Crippen LogP contribution is -2.50. The van der Waals surface area contributed by atoms with Crippen LogP contribution in [0.3, 0.4) is 0 Å². The fraction of sp³-hybridized carbons (Fsp3) is 0.333. The summed E-state index contributed by atoms with van der Waals surface area (Å²) in [4.78, 5) is 40.5. The standard InChI is InChI=1S/C24H29N5O4S/c1-5-24(3,4)27-22(31)19(16-12-11-14(2)33-16)29(13-15-9-7-6-8-10-15)23(32)20-17(25)18(21(26)30)28-34-20/h6-12,19H,5,13,25H2,1-4H3,(H2,26,30)(H,27,31)/t19-/m1/s1. The molecule has 0 aliphatic carbocycles. The minimum atomic E-state index is -1.09. The lowest BCUT2D eigenvalue weighted by atomic mass is 10.0. The number of carbonyl (C=O) groups excluding carboxylic acids is 3. The molecular weight excluding hydrogens is 454 g/mol. The molecule has 9 nitrogen and oxygen atoms in total. The predicted octanol–water partition coefficient (Wildman–Crippen LogP) is 3.41. The number of aromatic nitrogens is 1. The van der Waals surface area contributed by atoms with E-state index in [1.165, 1.54) is 4.90 Å². The van der Waals surface area contributed by atoms with Crippen LogP contribution < -0.4 is 16.8 Å². The Morgan fingerprint density at radius 1 is 1.18 bits per heavy atom. The highest BCUT2D eigenvalue weighted by Gasteiger charge is 2.38. The van der Waals surface area contributed by atoms with Gasteiger partial charge in [-0.15, -0.1) is 0 Å². The van der Waals surface area contributed by atoms with Crippen LogP contribution in [0.1, 0.15) is 70.5 Å². The summed E-state index contributed by atoms with van der Waals surface area (Å²) in [6, 6.07) is 11.6. The van der Waals surface area contributed by atoms with Crippen LogP contribution in [0.4, 0.5) is 5.69 Å². The van der Waals surface area contributed by atoms with Gasteiger partial charge in [-0.25, -0.2) is 0 Å². The van der Waals surface area contributed by atoms with Gasteiger partial charge in [0.1, 0.15) is 16.4 Å². The third-order valence-corrected chi connectivity index (χ3v) is 6.40. The van der Waals surface area contributed by atoms with Crippen molar-refractivity contribution in [2.75, 3.05) is 5.73 Å². The molecule has 2 aromatic heterocycles. The van der Waals surface area contributed by atoms with Gasteiger partial charge < -0.3 is 26.1 Å². The molecule has 5 N–H and O–H groups in total. The molecule has 1 atom stereocenters. The van der Waals surface area contributed by atoms with E-state index in [0.717, 1.165) is 17.1 Å². The molecule has 0 fully saturated rings. The van der Waals surface area contributed by atoms with E-state index in [2.05, 4.69) is 9.69 Å². The van der Waals surface area contributed by atoms with Crippen LogP contribution in [0.5, 0.6) is 0 Å². The minimum absolute atomic E-state index is 0.0283. The molecule has 0 radical (unpaired) electrons. The van der Waals surface area contributed by atoms with Crippen molar-refractivity contribution >= 4 is 34.9 Å². The molecule has 0 saturated carbocycles. The van der Waals surface area contributed by atoms with Gasteiger partial charge in [-0.3, -0.25) is 14.4 Å². The summed E-state index contributed by atoms with van der Waals surface area (Å²) in [6.07, 6.45) is 0.680. The first-order valence-electron chi connectivity index (χ1n) is 10.8. The number of rotatable bonds is 9. The van der Waals surface area contributed by atoms with Gasteiger partial charge in [0, 0.05) is 12.1 Å². The van der Waals surface area contributed by atoms with Crippen molar-refractivity contribution in [3.05, 3.63) is 70.1 Å². The molecule has 0 spiro atoms. The zero-order valence-electron chi connectivity index (χ0n) is 19.6. The van der Waals surface area contributed by atoms with Crippen molar-refractivity contribution in [2.45, 2.75) is 52.2 Å². The third-order valence-electron chi connectivity index (χ3n) is 5.55. The summed E-state index contributed by atoms with van der Waals surface area (Å²) in [6.45, 7) is 7.62. The number of benzene rings is 1. The smallest absolute Gasteiger partial charge is 0.270 e. The second-order valence-electron chi connectivity index (χ2n) is 8.63. The van der Waals surface area contributed by atoms with E-state index in [-0.39, 0.29) is 22.8 Å². The largest absolute Gasteiger partial charge is 0.464 e. The summed E-state index contributed by atoms with van der Waals surface area (Å²) < 4.78 is 9.77. The van der Waals surface area contributed by atoms with Crippen LogP contribution in [0.15, 0.2) is 46.9 Å². The Labute approximate surface area is 202 Å². The molecule has 0 aliphatic heterocycles. The lowest BCUT2D eigenvalue weighted by molar-refractivity contribution is -0.128. The van der Waals surface area contributed by atoms with Crippen molar-refractivity contribution in [1.29, 1.82) is 0 Å². The van der Waals surface area contributed by atoms with Crippen LogP contribution in [-0.4, -0.2) is 32.5 Å². The monoisotopic (exact) mass is 483 g/mol. The van der Waals surface area contributed by atoms with Crippen LogP contribution in [0.25, 0.3) is 0 Å². The van der Waals surface area contributed by atoms with Gasteiger partial charge in [-0.1, -0.05) is 37.3 Å². The Bertz CT molecular complexity index is 1190. The van der Waals surface area contributed by atoms with E-state index in [1.807, 2.05) is 51.1 Å². The molecule has 0 saturated heterocycles. The van der Waals surface area contributed by atoms with E-state index >= 15 is 0 Å². The maximum absolute atomic E-state index is 13.8. The Kier molecular flexibility index (Phi) is 7.41. The molecular formula is C24H29N5O4S. The summed E-state index contributed by atoms with van der Waals surface area (Å²) in [5, 5.41) is 3.01. The molecule has 0 aliphatic rings. The number of carbonyl (C=O) groups is 3. The summed E-state index contributed by atoms with van der Waals surface area (Å²) >= 11 is 0.769. The number of primary amides is 1. The number of anilines is 1. The van der Waals surface area contributed by atoms with Crippen molar-refractivity contribution in [3.63, 3.8) is 0 Å². The van der Waals surface area contributed by atoms with E-state index in [1.54, 1.807) is 19.1 Å². The number of hydrogen-bond donors (Lipinski definition) is 3. The van der Waals surface area contributed by atoms with Gasteiger partial charge in [0.15, 0.2) is 11.7 Å². The van der Waals surface area contributed by atoms with E-state index in [0.29, 0.717) is 17.9 Å². The van der Waals surface area contributed by atoms with Gasteiger partial charge in [-0.05, 0) is 56.4 Å². The molecule has 0 unspecified atom stereocenters. The average molecular weight is 484 g/mol. The number of amides is 3. The van der Waals surface area contributed by atoms with Gasteiger partial charge in [0.2, 0.25) is 0 Å². The fourth-order valence-corrected chi connectivity index (χ4v) is 4.10. The quantitative estimate of drug-likeness (QED) is 0.425. The minimum Gasteiger partial charge on any atom is -0.464 e. The van der Waals surface area contributed by atoms with E-state index < -0.39 is 29.3 Å². The van der Waals surface area contributed by atoms with Crippen molar-refractivity contribution < 1.29 is 18.8 Å². The molecule has 180 valence electrons. The number of nitrogen functional groups attached to an aromatic ring is 1. The second-order valence-corrected chi connectivity index (χ2v) is 9.41. The predicted molar refractivity (Wildman–Crippen MR) is 130 cm³/mol. The van der Waals surface area contributed by atoms with E-state index in [4.69, 9.17) is 15.9 Å². The number of aryl methyl sites for hydroxylation is 1. The number of furan rings is 1. The number of nitrogens with zero attached hydrogens (tertiary/aromatic N) is 2. The van der Waals surface area contributed by atoms with Gasteiger partial charge >= 0.3 is 0 Å². The Hall–Kier alpha value is -3.66. The number of hydrogen-bond acceptors (Lipinski definition) is 7. The van der Waals surface area contributed by atoms with Crippen LogP contribution >= 0.6 is 11.5 Å². The van der Waals surface area contributed by atoms with Gasteiger partial charge in [-0.2, -0.15) is 4.37 Å². The highest BCUT2D eigenvalue weighted by atomic mass is 32.1. The van der Waals surface area contributed by atoms with E-state index in [9.17, 15) is 14.4 Å². The summed E-state index contributed by atoms with van der Waals surface area (Å²) in [5.74, 6) is -0.881. The molecule has 1 aromatic carbocycles.